The average Bonchev–Trinajstić information content (AvgIpc) is 2.95. The van der Waals surface area contributed by atoms with Gasteiger partial charge < -0.3 is 14.7 Å². The number of nitrogens with zero attached hydrogens (tertiary/aromatic N) is 1. The van der Waals surface area contributed by atoms with Crippen LogP contribution in [-0.4, -0.2) is 35.7 Å². The minimum Gasteiger partial charge on any atom is -0.489 e. The highest BCUT2D eigenvalue weighted by Gasteiger charge is 2.34. The van der Waals surface area contributed by atoms with Gasteiger partial charge in [0.05, 0.1) is 12.2 Å². The van der Waals surface area contributed by atoms with Gasteiger partial charge in [-0.05, 0) is 48.6 Å². The van der Waals surface area contributed by atoms with Gasteiger partial charge in [0, 0.05) is 0 Å². The molecule has 1 saturated carbocycles. The van der Waals surface area contributed by atoms with Crippen molar-refractivity contribution >= 4 is 17.6 Å². The molecule has 1 aliphatic heterocycles. The highest BCUT2D eigenvalue weighted by molar-refractivity contribution is 5.99. The molecule has 1 fully saturated rings. The molecule has 0 unspecified atom stereocenters. The highest BCUT2D eigenvalue weighted by Crippen LogP contribution is 2.33. The molecule has 0 spiro atoms. The van der Waals surface area contributed by atoms with Crippen molar-refractivity contribution in [3.63, 3.8) is 0 Å². The number of rotatable bonds is 8. The molecule has 2 N–H and O–H groups in total. The Morgan fingerprint density at radius 1 is 1.12 bits per heavy atom. The molecule has 2 aromatic rings. The van der Waals surface area contributed by atoms with Crippen molar-refractivity contribution in [1.29, 1.82) is 0 Å². The Hall–Kier alpha value is -2.93. The maximum absolute atomic E-state index is 13.6. The molecular weight excluding hydrogens is 423 g/mol. The molecule has 2 atom stereocenters. The number of aliphatic carboxylic acids is 1. The number of anilines is 1. The minimum absolute atomic E-state index is 0.0446. The van der Waals surface area contributed by atoms with Crippen LogP contribution in [0.4, 0.5) is 10.1 Å². The predicted molar refractivity (Wildman–Crippen MR) is 124 cm³/mol. The predicted octanol–water partition coefficient (Wildman–Crippen LogP) is 4.52. The number of amides is 1. The number of halogens is 1. The van der Waals surface area contributed by atoms with E-state index in [2.05, 4.69) is 5.32 Å². The molecule has 0 aromatic heterocycles. The number of hydrogen-bond acceptors (Lipinski definition) is 4. The van der Waals surface area contributed by atoms with E-state index in [4.69, 9.17) is 4.74 Å². The van der Waals surface area contributed by atoms with Crippen LogP contribution in [0.15, 0.2) is 48.5 Å². The minimum atomic E-state index is -0.953. The first-order valence-electron chi connectivity index (χ1n) is 11.8. The van der Waals surface area contributed by atoms with Gasteiger partial charge in [0.2, 0.25) is 5.91 Å². The molecule has 176 valence electrons. The third-order valence-electron chi connectivity index (χ3n) is 6.67. The van der Waals surface area contributed by atoms with Gasteiger partial charge in [0.25, 0.3) is 0 Å². The zero-order valence-corrected chi connectivity index (χ0v) is 18.7. The fourth-order valence-corrected chi connectivity index (χ4v) is 4.81. The fraction of sp³-hybridized carbons (Fsp3) is 0.462. The summed E-state index contributed by atoms with van der Waals surface area (Å²) in [5.74, 6) is -0.431. The van der Waals surface area contributed by atoms with Crippen molar-refractivity contribution in [3.8, 4) is 5.75 Å². The summed E-state index contributed by atoms with van der Waals surface area (Å²) in [7, 11) is 0. The van der Waals surface area contributed by atoms with E-state index in [-0.39, 0.29) is 24.9 Å². The van der Waals surface area contributed by atoms with Crippen LogP contribution >= 0.6 is 0 Å². The molecule has 0 saturated heterocycles. The molecule has 2 aliphatic rings. The Balaban J connectivity index is 1.51. The Morgan fingerprint density at radius 3 is 2.58 bits per heavy atom. The number of nitrogens with one attached hydrogen (secondary N) is 1. The van der Waals surface area contributed by atoms with Gasteiger partial charge in [0.1, 0.15) is 30.3 Å². The largest absolute Gasteiger partial charge is 0.489 e. The van der Waals surface area contributed by atoms with Crippen LogP contribution in [0.2, 0.25) is 0 Å². The Morgan fingerprint density at radius 2 is 1.85 bits per heavy atom. The zero-order chi connectivity index (χ0) is 23.2. The van der Waals surface area contributed by atoms with Gasteiger partial charge in [0.15, 0.2) is 0 Å². The quantitative estimate of drug-likeness (QED) is 0.613. The van der Waals surface area contributed by atoms with Crippen LogP contribution in [0.3, 0.4) is 0 Å². The lowest BCUT2D eigenvalue weighted by molar-refractivity contribution is -0.140. The van der Waals surface area contributed by atoms with E-state index in [1.165, 1.54) is 31.4 Å². The molecule has 0 bridgehead atoms. The first kappa shape index (κ1) is 23.2. The lowest BCUT2D eigenvalue weighted by atomic mass is 9.85. The number of benzene rings is 2. The van der Waals surface area contributed by atoms with Crippen molar-refractivity contribution in [2.24, 2.45) is 5.92 Å². The fourth-order valence-electron chi connectivity index (χ4n) is 4.81. The van der Waals surface area contributed by atoms with Gasteiger partial charge >= 0.3 is 5.97 Å². The SMILES string of the molecule is O=C(O)[C@H](CCC1CCCCC1)N[C@H]1COc2ccccc2N(Cc2ccc(F)cc2)C1=O. The van der Waals surface area contributed by atoms with Gasteiger partial charge in [-0.3, -0.25) is 14.9 Å². The maximum Gasteiger partial charge on any atom is 0.320 e. The van der Waals surface area contributed by atoms with Crippen LogP contribution in [0.25, 0.3) is 0 Å². The number of carboxylic acid groups (broad SMARTS) is 1. The van der Waals surface area contributed by atoms with Crippen LogP contribution in [0.1, 0.15) is 50.5 Å². The van der Waals surface area contributed by atoms with Crippen molar-refractivity contribution in [1.82, 2.24) is 5.32 Å². The summed E-state index contributed by atoms with van der Waals surface area (Å²) in [6.45, 7) is 0.278. The average molecular weight is 455 g/mol. The number of ether oxygens (including phenoxy) is 1. The lowest BCUT2D eigenvalue weighted by Gasteiger charge is -2.28. The Bertz CT molecular complexity index is 959. The number of carbonyl (C=O) groups is 2. The lowest BCUT2D eigenvalue weighted by Crippen LogP contribution is -2.53. The van der Waals surface area contributed by atoms with Gasteiger partial charge in [-0.2, -0.15) is 0 Å². The van der Waals surface area contributed by atoms with E-state index in [1.54, 1.807) is 29.2 Å². The normalized spacial score (nSPS) is 20.0. The van der Waals surface area contributed by atoms with E-state index in [9.17, 15) is 19.1 Å². The van der Waals surface area contributed by atoms with Crippen molar-refractivity contribution in [2.45, 2.75) is 63.6 Å². The molecule has 6 nitrogen and oxygen atoms in total. The summed E-state index contributed by atoms with van der Waals surface area (Å²) in [6, 6.07) is 11.6. The Labute approximate surface area is 193 Å². The Kier molecular flexibility index (Phi) is 7.60. The van der Waals surface area contributed by atoms with Gasteiger partial charge in [-0.15, -0.1) is 0 Å². The first-order valence-corrected chi connectivity index (χ1v) is 11.8. The topological polar surface area (TPSA) is 78.9 Å². The number of hydrogen-bond donors (Lipinski definition) is 2. The molecule has 1 aliphatic carbocycles. The second-order valence-corrected chi connectivity index (χ2v) is 9.02. The second-order valence-electron chi connectivity index (χ2n) is 9.02. The van der Waals surface area contributed by atoms with Crippen molar-refractivity contribution < 1.29 is 23.8 Å². The first-order chi connectivity index (χ1) is 16.0. The van der Waals surface area contributed by atoms with Crippen LogP contribution in [0, 0.1) is 11.7 Å². The highest BCUT2D eigenvalue weighted by atomic mass is 19.1. The van der Waals surface area contributed by atoms with E-state index in [0.29, 0.717) is 23.8 Å². The molecule has 33 heavy (non-hydrogen) atoms. The summed E-state index contributed by atoms with van der Waals surface area (Å²) < 4.78 is 19.3. The van der Waals surface area contributed by atoms with E-state index >= 15 is 0 Å². The van der Waals surface area contributed by atoms with E-state index < -0.39 is 18.1 Å². The van der Waals surface area contributed by atoms with Gasteiger partial charge in [-0.25, -0.2) is 4.39 Å². The molecule has 0 radical (unpaired) electrons. The summed E-state index contributed by atoms with van der Waals surface area (Å²) in [5, 5.41) is 12.9. The second kappa shape index (κ2) is 10.8. The number of para-hydroxylation sites is 2. The summed E-state index contributed by atoms with van der Waals surface area (Å²) in [6.07, 6.45) is 7.30. The number of carbonyl (C=O) groups excluding carboxylic acids is 1. The third-order valence-corrected chi connectivity index (χ3v) is 6.67. The van der Waals surface area contributed by atoms with Crippen LogP contribution in [-0.2, 0) is 16.1 Å². The van der Waals surface area contributed by atoms with Crippen molar-refractivity contribution in [2.75, 3.05) is 11.5 Å². The van der Waals surface area contributed by atoms with Crippen LogP contribution in [0.5, 0.6) is 5.75 Å². The molecule has 7 heteroatoms. The maximum atomic E-state index is 13.6. The third kappa shape index (κ3) is 5.90. The monoisotopic (exact) mass is 454 g/mol. The smallest absolute Gasteiger partial charge is 0.320 e. The summed E-state index contributed by atoms with van der Waals surface area (Å²) in [5.41, 5.74) is 1.39. The van der Waals surface area contributed by atoms with Crippen LogP contribution < -0.4 is 15.0 Å². The molecular formula is C26H31FN2O4. The molecule has 1 heterocycles. The summed E-state index contributed by atoms with van der Waals surface area (Å²) in [4.78, 5) is 27.1. The van der Waals surface area contributed by atoms with E-state index in [0.717, 1.165) is 24.8 Å². The van der Waals surface area contributed by atoms with Crippen molar-refractivity contribution in [3.05, 3.63) is 59.9 Å². The molecule has 4 rings (SSSR count). The number of carboxylic acids is 1. The van der Waals surface area contributed by atoms with Gasteiger partial charge in [-0.1, -0.05) is 56.4 Å². The standard InChI is InChI=1S/C26H31FN2O4/c27-20-13-10-19(11-14-20)16-29-23-8-4-5-9-24(23)33-17-22(25(29)30)28-21(26(31)32)15-12-18-6-2-1-3-7-18/h4-5,8-11,13-14,18,21-22,28H,1-3,6-7,12,15-17H2,(H,31,32)/t21-,22-/m0/s1. The summed E-state index contributed by atoms with van der Waals surface area (Å²) >= 11 is 0. The zero-order valence-electron chi connectivity index (χ0n) is 18.7. The molecule has 1 amide bonds. The molecule has 2 aromatic carbocycles. The van der Waals surface area contributed by atoms with E-state index in [1.807, 2.05) is 12.1 Å². The number of fused-ring (bicyclic) bond motifs is 1.